The van der Waals surface area contributed by atoms with Crippen molar-refractivity contribution in [2.24, 2.45) is 0 Å². The summed E-state index contributed by atoms with van der Waals surface area (Å²) < 4.78 is 25.6. The molecule has 2 aromatic rings. The lowest BCUT2D eigenvalue weighted by molar-refractivity contribution is -0.119. The molecule has 0 aromatic heterocycles. The first-order chi connectivity index (χ1) is 12.7. The zero-order chi connectivity index (χ0) is 20.0. The van der Waals surface area contributed by atoms with E-state index in [1.165, 1.54) is 0 Å². The van der Waals surface area contributed by atoms with Crippen LogP contribution in [0, 0.1) is 13.8 Å². The maximum Gasteiger partial charge on any atom is 0.240 e. The Kier molecular flexibility index (Phi) is 6.85. The van der Waals surface area contributed by atoms with Gasteiger partial charge in [0.15, 0.2) is 0 Å². The number of aryl methyl sites for hydroxylation is 2. The molecule has 7 heteroatoms. The van der Waals surface area contributed by atoms with Gasteiger partial charge in [-0.25, -0.2) is 8.42 Å². The molecule has 146 valence electrons. The number of nitrogens with zero attached hydrogens (tertiary/aromatic N) is 2. The number of benzene rings is 2. The van der Waals surface area contributed by atoms with E-state index >= 15 is 0 Å². The van der Waals surface area contributed by atoms with Gasteiger partial charge < -0.3 is 10.2 Å². The number of rotatable bonds is 8. The average Bonchev–Trinajstić information content (AvgIpc) is 2.60. The molecule has 0 aliphatic carbocycles. The molecule has 0 fully saturated rings. The van der Waals surface area contributed by atoms with Gasteiger partial charge in [-0.1, -0.05) is 35.9 Å². The van der Waals surface area contributed by atoms with Crippen molar-refractivity contribution >= 4 is 27.3 Å². The van der Waals surface area contributed by atoms with Gasteiger partial charge in [0.25, 0.3) is 0 Å². The molecule has 0 aliphatic heterocycles. The Bertz CT molecular complexity index is 883. The number of likely N-dealkylation sites (N-methyl/N-ethyl adjacent to an activating group) is 1. The normalized spacial score (nSPS) is 11.1. The van der Waals surface area contributed by atoms with Crippen LogP contribution in [0.4, 0.5) is 11.4 Å². The maximum atomic E-state index is 12.3. The van der Waals surface area contributed by atoms with Gasteiger partial charge in [-0.05, 0) is 37.6 Å². The molecule has 2 rings (SSSR count). The summed E-state index contributed by atoms with van der Waals surface area (Å²) in [5.41, 5.74) is 3.44. The first-order valence-corrected chi connectivity index (χ1v) is 10.6. The standard InChI is InChI=1S/C20H27N3O3S/c1-16-10-11-19(17(2)14-16)23(27(4,25)26)15-20(24)21-12-13-22(3)18-8-6-5-7-9-18/h5-11,14H,12-13,15H2,1-4H3,(H,21,24). The Morgan fingerprint density at radius 3 is 2.33 bits per heavy atom. The van der Waals surface area contributed by atoms with E-state index in [1.807, 2.05) is 68.3 Å². The van der Waals surface area contributed by atoms with Crippen LogP contribution in [0.25, 0.3) is 0 Å². The monoisotopic (exact) mass is 389 g/mol. The van der Waals surface area contributed by atoms with Gasteiger partial charge in [-0.3, -0.25) is 9.10 Å². The van der Waals surface area contributed by atoms with Crippen molar-refractivity contribution in [3.05, 3.63) is 59.7 Å². The molecule has 0 spiro atoms. The van der Waals surface area contributed by atoms with Crippen molar-refractivity contribution in [2.75, 3.05) is 42.1 Å². The van der Waals surface area contributed by atoms with E-state index in [9.17, 15) is 13.2 Å². The summed E-state index contributed by atoms with van der Waals surface area (Å²) in [6, 6.07) is 15.3. The van der Waals surface area contributed by atoms with Crippen molar-refractivity contribution in [3.63, 3.8) is 0 Å². The van der Waals surface area contributed by atoms with Gasteiger partial charge in [0.05, 0.1) is 11.9 Å². The molecule has 0 aliphatic rings. The summed E-state index contributed by atoms with van der Waals surface area (Å²) in [4.78, 5) is 14.4. The lowest BCUT2D eigenvalue weighted by atomic mass is 10.1. The van der Waals surface area contributed by atoms with Crippen LogP contribution in [-0.2, 0) is 14.8 Å². The minimum Gasteiger partial charge on any atom is -0.373 e. The van der Waals surface area contributed by atoms with Gasteiger partial charge in [0.2, 0.25) is 15.9 Å². The van der Waals surface area contributed by atoms with E-state index < -0.39 is 10.0 Å². The fraction of sp³-hybridized carbons (Fsp3) is 0.350. The van der Waals surface area contributed by atoms with Crippen molar-refractivity contribution in [2.45, 2.75) is 13.8 Å². The maximum absolute atomic E-state index is 12.3. The molecule has 0 saturated heterocycles. The minimum atomic E-state index is -3.57. The number of sulfonamides is 1. The lowest BCUT2D eigenvalue weighted by Crippen LogP contribution is -2.42. The van der Waals surface area contributed by atoms with Crippen LogP contribution in [0.5, 0.6) is 0 Å². The van der Waals surface area contributed by atoms with Crippen molar-refractivity contribution in [1.82, 2.24) is 5.32 Å². The number of anilines is 2. The SMILES string of the molecule is Cc1ccc(N(CC(=O)NCCN(C)c2ccccc2)S(C)(=O)=O)c(C)c1. The van der Waals surface area contributed by atoms with Crippen LogP contribution in [0.2, 0.25) is 0 Å². The molecule has 2 aromatic carbocycles. The minimum absolute atomic E-state index is 0.238. The van der Waals surface area contributed by atoms with E-state index in [0.29, 0.717) is 18.8 Å². The van der Waals surface area contributed by atoms with Crippen LogP contribution >= 0.6 is 0 Å². The molecule has 0 heterocycles. The zero-order valence-electron chi connectivity index (χ0n) is 16.3. The van der Waals surface area contributed by atoms with Crippen LogP contribution in [0.15, 0.2) is 48.5 Å². The number of para-hydroxylation sites is 1. The fourth-order valence-electron chi connectivity index (χ4n) is 2.83. The van der Waals surface area contributed by atoms with Gasteiger partial charge in [-0.15, -0.1) is 0 Å². The zero-order valence-corrected chi connectivity index (χ0v) is 17.1. The molecule has 27 heavy (non-hydrogen) atoms. The Labute approximate surface area is 161 Å². The van der Waals surface area contributed by atoms with Crippen molar-refractivity contribution in [3.8, 4) is 0 Å². The molecule has 0 unspecified atom stereocenters. The summed E-state index contributed by atoms with van der Waals surface area (Å²) in [7, 11) is -1.63. The first kappa shape index (κ1) is 20.8. The largest absolute Gasteiger partial charge is 0.373 e. The fourth-order valence-corrected chi connectivity index (χ4v) is 3.74. The van der Waals surface area contributed by atoms with Gasteiger partial charge in [0, 0.05) is 25.8 Å². The van der Waals surface area contributed by atoms with Gasteiger partial charge >= 0.3 is 0 Å². The van der Waals surface area contributed by atoms with Gasteiger partial charge in [-0.2, -0.15) is 0 Å². The van der Waals surface area contributed by atoms with E-state index in [-0.39, 0.29) is 12.5 Å². The highest BCUT2D eigenvalue weighted by atomic mass is 32.2. The second kappa shape index (κ2) is 8.90. The Morgan fingerprint density at radius 2 is 1.74 bits per heavy atom. The van der Waals surface area contributed by atoms with E-state index in [4.69, 9.17) is 0 Å². The third-order valence-corrected chi connectivity index (χ3v) is 5.40. The Balaban J connectivity index is 1.98. The number of hydrogen-bond donors (Lipinski definition) is 1. The van der Waals surface area contributed by atoms with Crippen molar-refractivity contribution in [1.29, 1.82) is 0 Å². The van der Waals surface area contributed by atoms with E-state index in [1.54, 1.807) is 6.07 Å². The quantitative estimate of drug-likeness (QED) is 0.752. The molecule has 1 amide bonds. The molecule has 0 saturated carbocycles. The summed E-state index contributed by atoms with van der Waals surface area (Å²) in [6.45, 7) is 4.59. The number of nitrogens with one attached hydrogen (secondary N) is 1. The summed E-state index contributed by atoms with van der Waals surface area (Å²) >= 11 is 0. The number of hydrogen-bond acceptors (Lipinski definition) is 4. The Hall–Kier alpha value is -2.54. The predicted octanol–water partition coefficient (Wildman–Crippen LogP) is 2.32. The van der Waals surface area contributed by atoms with Crippen LogP contribution in [-0.4, -0.2) is 47.3 Å². The number of carbonyl (C=O) groups excluding carboxylic acids is 1. The molecule has 0 radical (unpaired) electrons. The molecule has 0 atom stereocenters. The predicted molar refractivity (Wildman–Crippen MR) is 111 cm³/mol. The second-order valence-corrected chi connectivity index (χ2v) is 8.57. The van der Waals surface area contributed by atoms with Crippen LogP contribution in [0.1, 0.15) is 11.1 Å². The highest BCUT2D eigenvalue weighted by Crippen LogP contribution is 2.23. The molecule has 6 nitrogen and oxygen atoms in total. The molecule has 1 N–H and O–H groups in total. The summed E-state index contributed by atoms with van der Waals surface area (Å²) in [5.74, 6) is -0.332. The highest BCUT2D eigenvalue weighted by Gasteiger charge is 2.22. The van der Waals surface area contributed by atoms with Gasteiger partial charge in [0.1, 0.15) is 6.54 Å². The summed E-state index contributed by atoms with van der Waals surface area (Å²) in [5, 5.41) is 2.80. The number of amides is 1. The Morgan fingerprint density at radius 1 is 1.07 bits per heavy atom. The van der Waals surface area contributed by atoms with E-state index in [2.05, 4.69) is 5.32 Å². The third kappa shape index (κ3) is 5.99. The second-order valence-electron chi connectivity index (χ2n) is 6.67. The van der Waals surface area contributed by atoms with Crippen LogP contribution in [0.3, 0.4) is 0 Å². The molecular formula is C20H27N3O3S. The molecular weight excluding hydrogens is 362 g/mol. The smallest absolute Gasteiger partial charge is 0.240 e. The molecule has 0 bridgehead atoms. The lowest BCUT2D eigenvalue weighted by Gasteiger charge is -2.24. The van der Waals surface area contributed by atoms with Crippen molar-refractivity contribution < 1.29 is 13.2 Å². The first-order valence-electron chi connectivity index (χ1n) is 8.76. The number of carbonyl (C=O) groups is 1. The highest BCUT2D eigenvalue weighted by molar-refractivity contribution is 7.92. The van der Waals surface area contributed by atoms with Crippen LogP contribution < -0.4 is 14.5 Å². The third-order valence-electron chi connectivity index (χ3n) is 4.27. The topological polar surface area (TPSA) is 69.7 Å². The summed E-state index contributed by atoms with van der Waals surface area (Å²) in [6.07, 6.45) is 1.11. The van der Waals surface area contributed by atoms with E-state index in [0.717, 1.165) is 27.4 Å². The average molecular weight is 390 g/mol.